The van der Waals surface area contributed by atoms with Gasteiger partial charge in [-0.1, -0.05) is 6.07 Å². The highest BCUT2D eigenvalue weighted by atomic mass is 35.5. The van der Waals surface area contributed by atoms with E-state index in [1.165, 1.54) is 11.1 Å². The second kappa shape index (κ2) is 56.9. The lowest BCUT2D eigenvalue weighted by atomic mass is 9.85. The molecule has 816 valence electrons. The van der Waals surface area contributed by atoms with Gasteiger partial charge in [0.2, 0.25) is 34.5 Å². The van der Waals surface area contributed by atoms with Gasteiger partial charge in [0.1, 0.15) is 24.2 Å². The number of nitrogens with zero attached hydrogens (tertiary/aromatic N) is 4. The summed E-state index contributed by atoms with van der Waals surface area (Å²) < 4.78 is 152. The van der Waals surface area contributed by atoms with Gasteiger partial charge in [-0.15, -0.1) is 0 Å². The lowest BCUT2D eigenvalue weighted by Gasteiger charge is -2.46. The third kappa shape index (κ3) is 27.9. The van der Waals surface area contributed by atoms with Crippen molar-refractivity contribution in [1.82, 2.24) is 0 Å². The monoisotopic (exact) mass is 2140 g/mol. The predicted molar refractivity (Wildman–Crippen MR) is 541 cm³/mol. The number of carbonyl (C=O) groups excluding carboxylic acids is 4. The first-order valence-corrected chi connectivity index (χ1v) is 48.1. The van der Waals surface area contributed by atoms with Gasteiger partial charge in [0.25, 0.3) is 0 Å². The summed E-state index contributed by atoms with van der Waals surface area (Å²) in [6.45, 7) is 6.60. The Hall–Kier alpha value is -12.3. The molecule has 4 aliphatic heterocycles. The van der Waals surface area contributed by atoms with Crippen LogP contribution in [0.25, 0.3) is 0 Å². The molecule has 0 N–H and O–H groups in total. The van der Waals surface area contributed by atoms with Crippen molar-refractivity contribution in [2.45, 2.75) is 101 Å². The van der Waals surface area contributed by atoms with E-state index in [1.807, 2.05) is 66.7 Å². The van der Waals surface area contributed by atoms with E-state index >= 15 is 0 Å². The third-order valence-corrected chi connectivity index (χ3v) is 28.7. The van der Waals surface area contributed by atoms with Gasteiger partial charge in [-0.2, -0.15) is 0 Å². The summed E-state index contributed by atoms with van der Waals surface area (Å²) in [6.07, 6.45) is 12.3. The Morgan fingerprint density at radius 2 is 0.446 bits per heavy atom. The molecule has 34 nitrogen and oxygen atoms in total. The first-order chi connectivity index (χ1) is 69.4. The standard InChI is InChI=1S/C56H76N2O16.C54H72N2O14.4ClH/c1-57(23-19-37-33-45(65-7)53(69-11)55(71-13)49(37)39(57)27-35-29-41(61-3)51(67-9)42(30-35)62-4)21-15-25-73-47(59)17-18-48(60)74-26-16-22-58(2)24-20-38-34-46(66-8)54(70-12)56(72-14)50(38)40(58)28-36-31-43(63-5)52(68-10)44(32-36)64-6;1-55(23-19-37-32-44(61-5)45(62-6)34-39(37)40(55)27-35-15-16-42(59-3)43(29-35)60-4)21-13-25-69-49(57)17-18-50(58)70-26-14-22-56(2)24-20-38-33-48(65-9)53(67-11)54(68-12)51(38)41(56)28-36-30-46(63-7)52(66-10)47(31-36)64-8;;;;/h17-18,29-34,39-40H,15-16,19-28H2,1-14H3;15-18,29-34,40-41H,13-14,19-28H2,1-12H3;4*1H/q2*+2;;;;/p-4/b2*18-17+;;;;/t39-,40-,57-,58-;40-,41-,55-,56-;;;;/m11..../s1. The lowest BCUT2D eigenvalue weighted by molar-refractivity contribution is -0.941. The number of hydrogen-bond acceptors (Lipinski definition) is 30. The molecule has 0 saturated carbocycles. The Labute approximate surface area is 895 Å². The van der Waals surface area contributed by atoms with Crippen LogP contribution in [-0.2, 0) is 89.5 Å². The van der Waals surface area contributed by atoms with Crippen LogP contribution in [0.3, 0.4) is 0 Å². The maximum absolute atomic E-state index is 13.0. The van der Waals surface area contributed by atoms with Gasteiger partial charge in [-0.3, -0.25) is 0 Å². The molecular weight excluding hydrogens is 2000 g/mol. The molecule has 4 heterocycles. The molecule has 12 rings (SSSR count). The molecular formula is C110H148Cl4N4O30. The van der Waals surface area contributed by atoms with Gasteiger partial charge < -0.3 is 191 Å². The van der Waals surface area contributed by atoms with Crippen molar-refractivity contribution in [2.24, 2.45) is 0 Å². The number of halogens is 4. The average Bonchev–Trinajstić information content (AvgIpc) is 0.740. The number of benzene rings is 8. The number of ether oxygens (including phenoxy) is 26. The molecule has 0 aliphatic carbocycles. The van der Waals surface area contributed by atoms with E-state index in [1.54, 1.807) is 156 Å². The number of carbonyl (C=O) groups is 4. The van der Waals surface area contributed by atoms with Gasteiger partial charge in [0.05, 0.1) is 280 Å². The SMILES string of the molecule is COc1cc(C[C@@H]2c3c(cc(OC)c(OC)c3OC)CC[N@@+]2(C)CCCOC(=O)/C=C/C(=O)OCCC[N@+]2(C)CCc3cc(OC)c(OC)c(OC)c3[C@H]2Cc2cc(OC)c(OC)c(OC)c2)cc(OC)c1OC.COc1ccc(C[C@@H]2c3cc(OC)c(OC)cc3CC[N@@+]2(C)CCCOC(=O)/C=C/C(=O)OCCC[N@+]2(C)CCc3cc(OC)c(OC)c(OC)c3[C@H]2Cc2cc(OC)c(OC)c(OC)c2)cc1OC.[Cl-].[Cl-].[Cl-].[Cl-]. The molecule has 148 heavy (non-hydrogen) atoms. The van der Waals surface area contributed by atoms with Gasteiger partial charge in [0.15, 0.2) is 92.0 Å². The quantitative estimate of drug-likeness (QED) is 0.0174. The van der Waals surface area contributed by atoms with Gasteiger partial charge >= 0.3 is 23.9 Å². The van der Waals surface area contributed by atoms with E-state index in [-0.39, 0.29) is 100 Å². The lowest BCUT2D eigenvalue weighted by Crippen LogP contribution is -3.00. The zero-order chi connectivity index (χ0) is 104. The summed E-state index contributed by atoms with van der Waals surface area (Å²) >= 11 is 0. The fourth-order valence-corrected chi connectivity index (χ4v) is 21.2. The molecule has 0 radical (unpaired) electrons. The molecule has 38 heteroatoms. The molecule has 0 fully saturated rings. The second-order valence-electron chi connectivity index (χ2n) is 36.7. The van der Waals surface area contributed by atoms with E-state index in [4.69, 9.17) is 123 Å². The van der Waals surface area contributed by atoms with Gasteiger partial charge in [-0.25, -0.2) is 19.2 Å². The number of quaternary nitrogens is 4. The molecule has 8 atom stereocenters. The number of methoxy groups -OCH3 is 22. The van der Waals surface area contributed by atoms with E-state index < -0.39 is 23.9 Å². The molecule has 4 aliphatic rings. The van der Waals surface area contributed by atoms with Crippen molar-refractivity contribution in [1.29, 1.82) is 0 Å². The molecule has 0 saturated heterocycles. The van der Waals surface area contributed by atoms with Crippen molar-refractivity contribution in [2.75, 3.05) is 263 Å². The largest absolute Gasteiger partial charge is 1.00 e. The number of rotatable bonds is 50. The third-order valence-electron chi connectivity index (χ3n) is 28.7. The molecule has 0 amide bonds. The summed E-state index contributed by atoms with van der Waals surface area (Å²) in [4.78, 5) is 51.8. The van der Waals surface area contributed by atoms with Crippen LogP contribution in [0.15, 0.2) is 109 Å². The minimum Gasteiger partial charge on any atom is -1.00 e. The number of likely N-dealkylation sites (N-methyl/N-ethyl adjacent to an activating group) is 4. The highest BCUT2D eigenvalue weighted by Crippen LogP contribution is 2.56. The Morgan fingerprint density at radius 3 is 0.696 bits per heavy atom. The minimum atomic E-state index is -0.637. The number of hydrogen-bond donors (Lipinski definition) is 0. The zero-order valence-electron chi connectivity index (χ0n) is 90.2. The Bertz CT molecular complexity index is 5600. The molecule has 0 unspecified atom stereocenters. The number of esters is 4. The van der Waals surface area contributed by atoms with Gasteiger partial charge in [0, 0.05) is 107 Å². The topological polar surface area (TPSA) is 308 Å². The normalized spacial score (nSPS) is 18.5. The van der Waals surface area contributed by atoms with Crippen LogP contribution in [0.1, 0.15) is 117 Å². The minimum absolute atomic E-state index is 0. The molecule has 0 spiro atoms. The van der Waals surface area contributed by atoms with Crippen LogP contribution in [0, 0.1) is 0 Å². The van der Waals surface area contributed by atoms with Crippen LogP contribution >= 0.6 is 0 Å². The van der Waals surface area contributed by atoms with Crippen LogP contribution in [0.2, 0.25) is 0 Å². The summed E-state index contributed by atoms with van der Waals surface area (Å²) in [6, 6.07) is 27.8. The van der Waals surface area contributed by atoms with Crippen molar-refractivity contribution < 1.29 is 210 Å². The van der Waals surface area contributed by atoms with E-state index in [9.17, 15) is 19.2 Å². The maximum Gasteiger partial charge on any atom is 0.331 e. The van der Waals surface area contributed by atoms with E-state index in [0.717, 1.165) is 145 Å². The van der Waals surface area contributed by atoms with Crippen molar-refractivity contribution in [3.05, 3.63) is 176 Å². The number of fused-ring (bicyclic) bond motifs is 4. The first-order valence-electron chi connectivity index (χ1n) is 48.1. The van der Waals surface area contributed by atoms with Crippen LogP contribution in [0.4, 0.5) is 0 Å². The summed E-state index contributed by atoms with van der Waals surface area (Å²) in [5.74, 6) is 10.3. The molecule has 0 bridgehead atoms. The maximum atomic E-state index is 13.0. The van der Waals surface area contributed by atoms with Crippen LogP contribution in [-0.4, -0.2) is 305 Å². The molecule has 0 aromatic heterocycles. The van der Waals surface area contributed by atoms with Crippen LogP contribution < -0.4 is 154 Å². The summed E-state index contributed by atoms with van der Waals surface area (Å²) in [5.41, 5.74) is 12.8. The molecule has 8 aromatic carbocycles. The fraction of sp³-hybridized carbons (Fsp3) is 0.491. The predicted octanol–water partition coefficient (Wildman–Crippen LogP) is 2.97. The Balaban J connectivity index is 0.000000391. The fourth-order valence-electron chi connectivity index (χ4n) is 21.2. The van der Waals surface area contributed by atoms with Crippen molar-refractivity contribution in [3.63, 3.8) is 0 Å². The molecule has 8 aromatic rings. The Morgan fingerprint density at radius 1 is 0.236 bits per heavy atom. The summed E-state index contributed by atoms with van der Waals surface area (Å²) in [7, 11) is 44.3. The smallest absolute Gasteiger partial charge is 0.331 e. The first kappa shape index (κ1) is 123. The van der Waals surface area contributed by atoms with E-state index in [2.05, 4.69) is 46.4 Å². The highest BCUT2D eigenvalue weighted by molar-refractivity contribution is 5.92. The van der Waals surface area contributed by atoms with Crippen molar-refractivity contribution >= 4 is 23.9 Å². The average molecular weight is 2150 g/mol. The Kier molecular flexibility index (Phi) is 47.2. The van der Waals surface area contributed by atoms with E-state index in [0.29, 0.717) is 209 Å². The highest BCUT2D eigenvalue weighted by Gasteiger charge is 2.48. The zero-order valence-corrected chi connectivity index (χ0v) is 93.2. The van der Waals surface area contributed by atoms with Gasteiger partial charge in [-0.05, 0) is 123 Å². The van der Waals surface area contributed by atoms with Crippen molar-refractivity contribution in [3.8, 4) is 126 Å². The summed E-state index contributed by atoms with van der Waals surface area (Å²) in [5, 5.41) is 0. The second-order valence-corrected chi connectivity index (χ2v) is 36.7. The van der Waals surface area contributed by atoms with Crippen LogP contribution in [0.5, 0.6) is 126 Å².